The van der Waals surface area contributed by atoms with E-state index in [2.05, 4.69) is 16.1 Å². The fourth-order valence-electron chi connectivity index (χ4n) is 0.549. The van der Waals surface area contributed by atoms with Crippen molar-refractivity contribution >= 4 is 41.5 Å². The Morgan fingerprint density at radius 1 is 1.22 bits per heavy atom. The predicted octanol–water partition coefficient (Wildman–Crippen LogP) is 0.558. The molecule has 1 saturated heterocycles. The quantitative estimate of drug-likeness (QED) is 0.434. The van der Waals surface area contributed by atoms with Crippen molar-refractivity contribution in [3.05, 3.63) is 0 Å². The minimum Gasteiger partial charge on any atom is -0.274 e. The molecule has 3 nitrogen and oxygen atoms in total. The summed E-state index contributed by atoms with van der Waals surface area (Å²) in [4.78, 5) is 20.9. The third kappa shape index (κ3) is 1.69. The lowest BCUT2D eigenvalue weighted by Gasteiger charge is -1.97. The van der Waals surface area contributed by atoms with Crippen molar-refractivity contribution in [1.82, 2.24) is 3.93 Å². The minimum absolute atomic E-state index is 0. The van der Waals surface area contributed by atoms with Crippen molar-refractivity contribution in [2.24, 2.45) is 0 Å². The number of amides is 2. The van der Waals surface area contributed by atoms with Crippen molar-refractivity contribution < 1.29 is 9.59 Å². The van der Waals surface area contributed by atoms with Crippen LogP contribution in [0.2, 0.25) is 0 Å². The second-order valence-corrected chi connectivity index (χ2v) is 2.28. The number of carbonyl (C=O) groups excluding carboxylic acids is 2. The number of imide groups is 1. The molecule has 0 aromatic carbocycles. The minimum atomic E-state index is -0.144. The van der Waals surface area contributed by atoms with Gasteiger partial charge < -0.3 is 0 Å². The van der Waals surface area contributed by atoms with E-state index in [0.717, 1.165) is 3.93 Å². The van der Waals surface area contributed by atoms with Crippen molar-refractivity contribution in [3.8, 4) is 0 Å². The molecule has 1 heterocycles. The van der Waals surface area contributed by atoms with Gasteiger partial charge in [0.1, 0.15) is 0 Å². The van der Waals surface area contributed by atoms with Crippen molar-refractivity contribution in [1.29, 1.82) is 0 Å². The highest BCUT2D eigenvalue weighted by atomic mass is 79.9. The first-order valence-electron chi connectivity index (χ1n) is 2.23. The molecular weight excluding hydrogens is 206 g/mol. The molecule has 9 heavy (non-hydrogen) atoms. The first-order chi connectivity index (χ1) is 3.72. The molecular formula is C4H6BrNO2S. The van der Waals surface area contributed by atoms with Gasteiger partial charge in [-0.05, 0) is 0 Å². The highest BCUT2D eigenvalue weighted by molar-refractivity contribution is 9.08. The zero-order valence-electron chi connectivity index (χ0n) is 4.56. The summed E-state index contributed by atoms with van der Waals surface area (Å²) in [7, 11) is 0. The van der Waals surface area contributed by atoms with Crippen molar-refractivity contribution in [2.45, 2.75) is 12.8 Å². The highest BCUT2D eigenvalue weighted by Gasteiger charge is 2.26. The van der Waals surface area contributed by atoms with Gasteiger partial charge in [0.25, 0.3) is 0 Å². The van der Waals surface area contributed by atoms with Gasteiger partial charge in [0.2, 0.25) is 11.8 Å². The molecule has 0 spiro atoms. The third-order valence-electron chi connectivity index (χ3n) is 0.991. The van der Waals surface area contributed by atoms with Gasteiger partial charge in [-0.1, -0.05) is 0 Å². The van der Waals surface area contributed by atoms with Crippen LogP contribution in [0.25, 0.3) is 0 Å². The van der Waals surface area contributed by atoms with Gasteiger partial charge in [0, 0.05) is 12.8 Å². The van der Waals surface area contributed by atoms with Crippen LogP contribution >= 0.6 is 29.6 Å². The molecule has 1 fully saturated rings. The van der Waals surface area contributed by atoms with E-state index in [1.807, 2.05) is 0 Å². The normalized spacial score (nSPS) is 18.1. The van der Waals surface area contributed by atoms with E-state index in [1.54, 1.807) is 0 Å². The molecule has 0 unspecified atom stereocenters. The van der Waals surface area contributed by atoms with E-state index >= 15 is 0 Å². The van der Waals surface area contributed by atoms with Gasteiger partial charge in [0.15, 0.2) is 0 Å². The second kappa shape index (κ2) is 3.22. The first-order valence-corrected chi connectivity index (χ1v) is 2.94. The monoisotopic (exact) mass is 211 g/mol. The van der Waals surface area contributed by atoms with Crippen LogP contribution in [0, 0.1) is 0 Å². The predicted molar refractivity (Wildman–Crippen MR) is 40.4 cm³/mol. The number of hydrogen-bond donors (Lipinski definition) is 0. The molecule has 2 amide bonds. The summed E-state index contributed by atoms with van der Waals surface area (Å²) in [5.74, 6) is -0.287. The van der Waals surface area contributed by atoms with Gasteiger partial charge in [-0.2, -0.15) is 13.5 Å². The van der Waals surface area contributed by atoms with Gasteiger partial charge in [-0.3, -0.25) is 9.59 Å². The summed E-state index contributed by atoms with van der Waals surface area (Å²) in [6.45, 7) is 0. The second-order valence-electron chi connectivity index (χ2n) is 1.57. The fraction of sp³-hybridized carbons (Fsp3) is 0.500. The smallest absolute Gasteiger partial charge is 0.239 e. The van der Waals surface area contributed by atoms with Crippen LogP contribution in [0.5, 0.6) is 0 Å². The molecule has 52 valence electrons. The molecule has 0 bridgehead atoms. The SMILES string of the molecule is O=C1CCC(=O)N1Br.S. The Balaban J connectivity index is 0.000000640. The summed E-state index contributed by atoms with van der Waals surface area (Å²) in [6, 6.07) is 0. The Labute approximate surface area is 68.2 Å². The highest BCUT2D eigenvalue weighted by Crippen LogP contribution is 2.14. The number of halogens is 1. The molecule has 0 atom stereocenters. The molecule has 0 radical (unpaired) electrons. The van der Waals surface area contributed by atoms with Gasteiger partial charge >= 0.3 is 0 Å². The van der Waals surface area contributed by atoms with E-state index in [0.29, 0.717) is 12.8 Å². The molecule has 0 saturated carbocycles. The fourth-order valence-corrected chi connectivity index (χ4v) is 0.904. The molecule has 0 aromatic heterocycles. The molecule has 1 aliphatic heterocycles. The van der Waals surface area contributed by atoms with Crippen LogP contribution in [0.15, 0.2) is 0 Å². The average molecular weight is 212 g/mol. The summed E-state index contributed by atoms with van der Waals surface area (Å²) < 4.78 is 0.979. The summed E-state index contributed by atoms with van der Waals surface area (Å²) >= 11 is 2.80. The zero-order chi connectivity index (χ0) is 6.15. The lowest BCUT2D eigenvalue weighted by molar-refractivity contribution is -0.131. The van der Waals surface area contributed by atoms with Crippen LogP contribution < -0.4 is 0 Å². The van der Waals surface area contributed by atoms with Gasteiger partial charge in [-0.25, -0.2) is 3.93 Å². The van der Waals surface area contributed by atoms with Crippen LogP contribution in [-0.4, -0.2) is 15.7 Å². The van der Waals surface area contributed by atoms with E-state index in [4.69, 9.17) is 0 Å². The number of rotatable bonds is 0. The van der Waals surface area contributed by atoms with Crippen LogP contribution in [-0.2, 0) is 9.59 Å². The van der Waals surface area contributed by atoms with Crippen molar-refractivity contribution in [2.75, 3.05) is 0 Å². The summed E-state index contributed by atoms with van der Waals surface area (Å²) in [5, 5.41) is 0. The Bertz CT molecular complexity index is 134. The van der Waals surface area contributed by atoms with E-state index < -0.39 is 0 Å². The topological polar surface area (TPSA) is 37.4 Å². The zero-order valence-corrected chi connectivity index (χ0v) is 7.14. The number of nitrogens with zero attached hydrogens (tertiary/aromatic N) is 1. The van der Waals surface area contributed by atoms with Crippen molar-refractivity contribution in [3.63, 3.8) is 0 Å². The van der Waals surface area contributed by atoms with Crippen LogP contribution in [0.4, 0.5) is 0 Å². The Kier molecular flexibility index (Phi) is 3.21. The molecule has 1 aliphatic rings. The van der Waals surface area contributed by atoms with E-state index in [1.165, 1.54) is 0 Å². The standard InChI is InChI=1S/C4H4BrNO2.H2S/c5-6-3(7)1-2-4(6)8;/h1-2H2;1H2. The molecule has 1 rings (SSSR count). The maximum Gasteiger partial charge on any atom is 0.239 e. The Morgan fingerprint density at radius 2 is 1.56 bits per heavy atom. The maximum absolute atomic E-state index is 10.4. The lowest BCUT2D eigenvalue weighted by atomic mass is 10.4. The first kappa shape index (κ1) is 8.97. The van der Waals surface area contributed by atoms with Crippen LogP contribution in [0.1, 0.15) is 12.8 Å². The molecule has 5 heteroatoms. The van der Waals surface area contributed by atoms with Crippen LogP contribution in [0.3, 0.4) is 0 Å². The average Bonchev–Trinajstić information content (AvgIpc) is 1.98. The summed E-state index contributed by atoms with van der Waals surface area (Å²) in [6.07, 6.45) is 0.703. The largest absolute Gasteiger partial charge is 0.274 e. The maximum atomic E-state index is 10.4. The van der Waals surface area contributed by atoms with E-state index in [-0.39, 0.29) is 25.3 Å². The third-order valence-corrected chi connectivity index (χ3v) is 1.78. The van der Waals surface area contributed by atoms with Gasteiger partial charge in [0.05, 0.1) is 16.1 Å². The number of carbonyl (C=O) groups is 2. The number of hydrogen-bond acceptors (Lipinski definition) is 2. The van der Waals surface area contributed by atoms with E-state index in [9.17, 15) is 9.59 Å². The Hall–Kier alpha value is -0.0300. The Morgan fingerprint density at radius 3 is 1.67 bits per heavy atom. The lowest BCUT2D eigenvalue weighted by Crippen LogP contribution is -2.16. The molecule has 0 aliphatic carbocycles. The molecule has 0 N–H and O–H groups in total. The summed E-state index contributed by atoms with van der Waals surface area (Å²) in [5.41, 5.74) is 0. The molecule has 0 aromatic rings. The van der Waals surface area contributed by atoms with Gasteiger partial charge in [-0.15, -0.1) is 0 Å².